The lowest BCUT2D eigenvalue weighted by atomic mass is 10.1. The fourth-order valence-corrected chi connectivity index (χ4v) is 2.37. The number of hydrogen-bond donors (Lipinski definition) is 1. The Bertz CT molecular complexity index is 863. The zero-order valence-electron chi connectivity index (χ0n) is 13.4. The smallest absolute Gasteiger partial charge is 0.375 e. The van der Waals surface area contributed by atoms with Crippen LogP contribution in [0.3, 0.4) is 0 Å². The van der Waals surface area contributed by atoms with Crippen LogP contribution in [-0.2, 0) is 16.1 Å². The summed E-state index contributed by atoms with van der Waals surface area (Å²) < 4.78 is 15.9. The van der Waals surface area contributed by atoms with Gasteiger partial charge in [0.25, 0.3) is 5.91 Å². The van der Waals surface area contributed by atoms with Gasteiger partial charge in [-0.25, -0.2) is 4.79 Å². The molecule has 1 aromatic carbocycles. The average Bonchev–Trinajstić information content (AvgIpc) is 3.21. The Morgan fingerprint density at radius 3 is 2.71 bits per heavy atom. The van der Waals surface area contributed by atoms with E-state index in [4.69, 9.17) is 13.6 Å². The Labute approximate surface area is 138 Å². The Morgan fingerprint density at radius 2 is 2.00 bits per heavy atom. The van der Waals surface area contributed by atoms with Crippen LogP contribution < -0.4 is 5.32 Å². The summed E-state index contributed by atoms with van der Waals surface area (Å²) in [5.41, 5.74) is 1.30. The van der Waals surface area contributed by atoms with Gasteiger partial charge < -0.3 is 18.9 Å². The highest BCUT2D eigenvalue weighted by Gasteiger charge is 2.24. The minimum absolute atomic E-state index is 0.113. The summed E-state index contributed by atoms with van der Waals surface area (Å²) in [5, 5.41) is 3.49. The Kier molecular flexibility index (Phi) is 4.37. The molecule has 3 aromatic rings. The number of hydrogen-bond acceptors (Lipinski definition) is 5. The third-order valence-electron chi connectivity index (χ3n) is 3.70. The Morgan fingerprint density at radius 1 is 1.21 bits per heavy atom. The predicted molar refractivity (Wildman–Crippen MR) is 86.4 cm³/mol. The molecule has 1 N–H and O–H groups in total. The van der Waals surface area contributed by atoms with Crippen molar-refractivity contribution in [3.05, 3.63) is 59.7 Å². The van der Waals surface area contributed by atoms with Gasteiger partial charge in [0, 0.05) is 10.9 Å². The van der Waals surface area contributed by atoms with Gasteiger partial charge in [0.15, 0.2) is 6.10 Å². The van der Waals surface area contributed by atoms with E-state index < -0.39 is 18.0 Å². The van der Waals surface area contributed by atoms with Crippen LogP contribution in [-0.4, -0.2) is 18.0 Å². The molecule has 0 fully saturated rings. The number of amides is 1. The Hall–Kier alpha value is -3.02. The van der Waals surface area contributed by atoms with E-state index in [1.165, 1.54) is 13.2 Å². The molecule has 24 heavy (non-hydrogen) atoms. The summed E-state index contributed by atoms with van der Waals surface area (Å²) in [7, 11) is 0. The number of rotatable bonds is 5. The van der Waals surface area contributed by atoms with Crippen molar-refractivity contribution in [2.24, 2.45) is 0 Å². The number of fused-ring (bicyclic) bond motifs is 1. The summed E-state index contributed by atoms with van der Waals surface area (Å²) >= 11 is 0. The summed E-state index contributed by atoms with van der Waals surface area (Å²) in [5.74, 6) is -0.338. The first kappa shape index (κ1) is 15.9. The van der Waals surface area contributed by atoms with E-state index in [0.717, 1.165) is 5.39 Å². The number of aryl methyl sites for hydroxylation is 1. The van der Waals surface area contributed by atoms with Crippen molar-refractivity contribution in [1.82, 2.24) is 5.32 Å². The van der Waals surface area contributed by atoms with E-state index >= 15 is 0 Å². The lowest BCUT2D eigenvalue weighted by Crippen LogP contribution is -2.35. The number of benzene rings is 1. The molecule has 0 unspecified atom stereocenters. The molecule has 1 atom stereocenters. The monoisotopic (exact) mass is 327 g/mol. The number of para-hydroxylation sites is 1. The van der Waals surface area contributed by atoms with Gasteiger partial charge >= 0.3 is 5.97 Å². The maximum atomic E-state index is 12.3. The molecule has 6 heteroatoms. The van der Waals surface area contributed by atoms with E-state index in [1.807, 2.05) is 18.2 Å². The third kappa shape index (κ3) is 3.17. The van der Waals surface area contributed by atoms with Crippen LogP contribution in [0.4, 0.5) is 0 Å². The van der Waals surface area contributed by atoms with E-state index in [9.17, 15) is 9.59 Å². The van der Waals surface area contributed by atoms with Crippen LogP contribution in [0.15, 0.2) is 51.5 Å². The molecule has 0 spiro atoms. The van der Waals surface area contributed by atoms with E-state index in [1.54, 1.807) is 25.1 Å². The number of carbonyl (C=O) groups excluding carboxylic acids is 2. The number of nitrogens with one attached hydrogen (secondary N) is 1. The number of esters is 1. The molecule has 1 amide bonds. The normalized spacial score (nSPS) is 12.1. The molecule has 0 radical (unpaired) electrons. The summed E-state index contributed by atoms with van der Waals surface area (Å²) in [4.78, 5) is 24.3. The molecular formula is C18H17NO5. The van der Waals surface area contributed by atoms with Crippen LogP contribution in [0.5, 0.6) is 0 Å². The van der Waals surface area contributed by atoms with Gasteiger partial charge in [-0.2, -0.15) is 0 Å². The molecule has 0 aliphatic rings. The lowest BCUT2D eigenvalue weighted by molar-refractivity contribution is -0.129. The molecule has 0 aliphatic carbocycles. The molecule has 0 saturated carbocycles. The van der Waals surface area contributed by atoms with Crippen LogP contribution in [0.2, 0.25) is 0 Å². The summed E-state index contributed by atoms with van der Waals surface area (Å²) in [6, 6.07) is 10.8. The zero-order valence-corrected chi connectivity index (χ0v) is 13.4. The quantitative estimate of drug-likeness (QED) is 0.728. The first-order chi connectivity index (χ1) is 11.6. The van der Waals surface area contributed by atoms with Gasteiger partial charge in [-0.05, 0) is 32.0 Å². The van der Waals surface area contributed by atoms with Crippen molar-refractivity contribution < 1.29 is 23.2 Å². The largest absolute Gasteiger partial charge is 0.467 e. The van der Waals surface area contributed by atoms with Gasteiger partial charge in [-0.1, -0.05) is 18.2 Å². The van der Waals surface area contributed by atoms with Crippen molar-refractivity contribution in [2.75, 3.05) is 0 Å². The first-order valence-corrected chi connectivity index (χ1v) is 7.55. The van der Waals surface area contributed by atoms with Crippen molar-refractivity contribution in [3.8, 4) is 0 Å². The number of carbonyl (C=O) groups is 2. The molecule has 0 bridgehead atoms. The van der Waals surface area contributed by atoms with Crippen molar-refractivity contribution in [2.45, 2.75) is 26.5 Å². The fraction of sp³-hybridized carbons (Fsp3) is 0.222. The van der Waals surface area contributed by atoms with E-state index in [0.29, 0.717) is 16.9 Å². The standard InChI is InChI=1S/C18H17NO5/c1-11-14-7-3-4-8-15(14)24-16(11)18(21)23-12(2)17(20)19-10-13-6-5-9-22-13/h3-9,12H,10H2,1-2H3,(H,19,20)/t12-/m0/s1. The van der Waals surface area contributed by atoms with Crippen LogP contribution in [0.1, 0.15) is 28.8 Å². The lowest BCUT2D eigenvalue weighted by Gasteiger charge is -2.12. The maximum absolute atomic E-state index is 12.3. The average molecular weight is 327 g/mol. The highest BCUT2D eigenvalue weighted by atomic mass is 16.6. The zero-order chi connectivity index (χ0) is 17.1. The highest BCUT2D eigenvalue weighted by molar-refractivity contribution is 5.97. The van der Waals surface area contributed by atoms with Gasteiger partial charge in [-0.15, -0.1) is 0 Å². The van der Waals surface area contributed by atoms with Crippen LogP contribution in [0, 0.1) is 6.92 Å². The molecule has 2 aromatic heterocycles. The number of furan rings is 2. The summed E-state index contributed by atoms with van der Waals surface area (Å²) in [6.45, 7) is 3.52. The van der Waals surface area contributed by atoms with Crippen LogP contribution in [0.25, 0.3) is 11.0 Å². The topological polar surface area (TPSA) is 81.7 Å². The van der Waals surface area contributed by atoms with E-state index in [2.05, 4.69) is 5.32 Å². The molecule has 0 aliphatic heterocycles. The second-order valence-corrected chi connectivity index (χ2v) is 5.40. The highest BCUT2D eigenvalue weighted by Crippen LogP contribution is 2.25. The van der Waals surface area contributed by atoms with Gasteiger partial charge in [0.05, 0.1) is 12.8 Å². The molecular weight excluding hydrogens is 310 g/mol. The van der Waals surface area contributed by atoms with Crippen molar-refractivity contribution in [1.29, 1.82) is 0 Å². The van der Waals surface area contributed by atoms with E-state index in [-0.39, 0.29) is 12.3 Å². The molecule has 6 nitrogen and oxygen atoms in total. The molecule has 124 valence electrons. The van der Waals surface area contributed by atoms with Crippen molar-refractivity contribution in [3.63, 3.8) is 0 Å². The molecule has 0 saturated heterocycles. The van der Waals surface area contributed by atoms with Gasteiger partial charge in [0.1, 0.15) is 11.3 Å². The van der Waals surface area contributed by atoms with Crippen LogP contribution >= 0.6 is 0 Å². The number of ether oxygens (including phenoxy) is 1. The third-order valence-corrected chi connectivity index (χ3v) is 3.70. The maximum Gasteiger partial charge on any atom is 0.375 e. The summed E-state index contributed by atoms with van der Waals surface area (Å²) in [6.07, 6.45) is 0.579. The predicted octanol–water partition coefficient (Wildman–Crippen LogP) is 3.20. The second kappa shape index (κ2) is 6.62. The van der Waals surface area contributed by atoms with Crippen molar-refractivity contribution >= 4 is 22.8 Å². The second-order valence-electron chi connectivity index (χ2n) is 5.40. The molecule has 2 heterocycles. The molecule has 3 rings (SSSR count). The minimum atomic E-state index is -0.944. The minimum Gasteiger partial charge on any atom is -0.467 e. The fourth-order valence-electron chi connectivity index (χ4n) is 2.37. The first-order valence-electron chi connectivity index (χ1n) is 7.55. The SMILES string of the molecule is Cc1c(C(=O)O[C@@H](C)C(=O)NCc2ccco2)oc2ccccc12. The Balaban J connectivity index is 1.64. The van der Waals surface area contributed by atoms with Gasteiger partial charge in [-0.3, -0.25) is 4.79 Å². The van der Waals surface area contributed by atoms with Gasteiger partial charge in [0.2, 0.25) is 5.76 Å².